The van der Waals surface area contributed by atoms with Gasteiger partial charge in [0.2, 0.25) is 5.91 Å². The summed E-state index contributed by atoms with van der Waals surface area (Å²) in [5.41, 5.74) is 0.194. The van der Waals surface area contributed by atoms with Gasteiger partial charge in [-0.05, 0) is 31.5 Å². The Bertz CT molecular complexity index is 425. The van der Waals surface area contributed by atoms with E-state index in [1.165, 1.54) is 12.1 Å². The molecule has 4 nitrogen and oxygen atoms in total. The third kappa shape index (κ3) is 3.51. The second kappa shape index (κ2) is 5.93. The number of carbonyl (C=O) groups excluding carboxylic acids is 1. The van der Waals surface area contributed by atoms with Crippen molar-refractivity contribution in [2.45, 2.75) is 18.9 Å². The summed E-state index contributed by atoms with van der Waals surface area (Å²) in [4.78, 5) is 13.6. The van der Waals surface area contributed by atoms with Crippen LogP contribution in [0.15, 0.2) is 24.3 Å². The first-order valence-electron chi connectivity index (χ1n) is 6.10. The Morgan fingerprint density at radius 2 is 2.28 bits per heavy atom. The summed E-state index contributed by atoms with van der Waals surface area (Å²) in [6.07, 6.45) is 1.31. The van der Waals surface area contributed by atoms with Crippen molar-refractivity contribution in [1.29, 1.82) is 0 Å². The van der Waals surface area contributed by atoms with Gasteiger partial charge in [-0.15, -0.1) is 0 Å². The number of nitrogens with zero attached hydrogens (tertiary/aromatic N) is 1. The number of aliphatic hydroxyl groups excluding tert-OH is 1. The molecule has 1 atom stereocenters. The van der Waals surface area contributed by atoms with Gasteiger partial charge in [0.05, 0.1) is 18.3 Å². The molecule has 1 aliphatic heterocycles. The minimum absolute atomic E-state index is 0.186. The molecule has 2 N–H and O–H groups in total. The van der Waals surface area contributed by atoms with Crippen LogP contribution >= 0.6 is 0 Å². The van der Waals surface area contributed by atoms with Crippen molar-refractivity contribution in [2.75, 3.05) is 25.0 Å². The molecule has 5 heteroatoms. The Morgan fingerprint density at radius 1 is 1.50 bits per heavy atom. The number of hydrogen-bond donors (Lipinski definition) is 2. The third-order valence-electron chi connectivity index (χ3n) is 3.00. The topological polar surface area (TPSA) is 52.6 Å². The number of carbonyl (C=O) groups is 1. The van der Waals surface area contributed by atoms with Crippen LogP contribution in [0, 0.1) is 5.82 Å². The average molecular weight is 252 g/mol. The highest BCUT2D eigenvalue weighted by molar-refractivity contribution is 5.92. The van der Waals surface area contributed by atoms with Crippen molar-refractivity contribution in [1.82, 2.24) is 4.90 Å². The molecule has 1 aromatic carbocycles. The van der Waals surface area contributed by atoms with Crippen LogP contribution in [0.4, 0.5) is 10.1 Å². The van der Waals surface area contributed by atoms with Crippen molar-refractivity contribution >= 4 is 11.6 Å². The van der Waals surface area contributed by atoms with Crippen LogP contribution in [0.3, 0.4) is 0 Å². The number of piperidine rings is 1. The highest BCUT2D eigenvalue weighted by Gasteiger charge is 2.19. The van der Waals surface area contributed by atoms with Crippen molar-refractivity contribution < 1.29 is 14.3 Å². The number of rotatable bonds is 3. The van der Waals surface area contributed by atoms with E-state index in [2.05, 4.69) is 5.32 Å². The highest BCUT2D eigenvalue weighted by atomic mass is 19.1. The number of hydrogen-bond acceptors (Lipinski definition) is 3. The quantitative estimate of drug-likeness (QED) is 0.850. The van der Waals surface area contributed by atoms with E-state index in [0.717, 1.165) is 19.4 Å². The molecule has 0 bridgehead atoms. The summed E-state index contributed by atoms with van der Waals surface area (Å²) in [6, 6.07) is 6.08. The predicted octanol–water partition coefficient (Wildman–Crippen LogP) is 1.22. The minimum Gasteiger partial charge on any atom is -0.392 e. The zero-order chi connectivity index (χ0) is 13.0. The fourth-order valence-corrected chi connectivity index (χ4v) is 2.13. The molecular weight excluding hydrogens is 235 g/mol. The van der Waals surface area contributed by atoms with Crippen LogP contribution < -0.4 is 5.32 Å². The highest BCUT2D eigenvalue weighted by Crippen LogP contribution is 2.13. The molecule has 1 aromatic rings. The maximum atomic E-state index is 13.3. The van der Waals surface area contributed by atoms with E-state index in [-0.39, 0.29) is 24.2 Å². The second-order valence-corrected chi connectivity index (χ2v) is 4.56. The first-order chi connectivity index (χ1) is 8.65. The number of aliphatic hydroxyl groups is 1. The van der Waals surface area contributed by atoms with Gasteiger partial charge in [-0.2, -0.15) is 0 Å². The third-order valence-corrected chi connectivity index (χ3v) is 3.00. The molecule has 0 saturated carbocycles. The lowest BCUT2D eigenvalue weighted by Gasteiger charge is -2.29. The number of likely N-dealkylation sites (tertiary alicyclic amines) is 1. The molecular formula is C13H17FN2O2. The Morgan fingerprint density at radius 3 is 3.00 bits per heavy atom. The zero-order valence-corrected chi connectivity index (χ0v) is 10.1. The van der Waals surface area contributed by atoms with E-state index in [1.807, 2.05) is 4.90 Å². The summed E-state index contributed by atoms with van der Waals surface area (Å²) in [6.45, 7) is 1.48. The molecule has 1 fully saturated rings. The van der Waals surface area contributed by atoms with Crippen molar-refractivity contribution in [3.63, 3.8) is 0 Å². The van der Waals surface area contributed by atoms with Crippen LogP contribution in [0.5, 0.6) is 0 Å². The monoisotopic (exact) mass is 252 g/mol. The zero-order valence-electron chi connectivity index (χ0n) is 10.1. The smallest absolute Gasteiger partial charge is 0.238 e. The number of amides is 1. The maximum absolute atomic E-state index is 13.3. The Kier molecular flexibility index (Phi) is 4.28. The van der Waals surface area contributed by atoms with Gasteiger partial charge in [-0.25, -0.2) is 4.39 Å². The van der Waals surface area contributed by atoms with Gasteiger partial charge in [0, 0.05) is 6.54 Å². The fourth-order valence-electron chi connectivity index (χ4n) is 2.13. The van der Waals surface area contributed by atoms with Gasteiger partial charge < -0.3 is 10.4 Å². The normalized spacial score (nSPS) is 20.7. The lowest BCUT2D eigenvalue weighted by Crippen LogP contribution is -2.42. The maximum Gasteiger partial charge on any atom is 0.238 e. The number of β-amino-alcohol motifs (C(OH)–C–C–N with tert-alkyl or cyclic N) is 1. The summed E-state index contributed by atoms with van der Waals surface area (Å²) in [5.74, 6) is -0.696. The second-order valence-electron chi connectivity index (χ2n) is 4.56. The van der Waals surface area contributed by atoms with Crippen LogP contribution in [0.1, 0.15) is 12.8 Å². The van der Waals surface area contributed by atoms with E-state index in [4.69, 9.17) is 0 Å². The molecule has 0 aromatic heterocycles. The molecule has 0 spiro atoms. The summed E-state index contributed by atoms with van der Waals surface area (Å²) in [7, 11) is 0. The fraction of sp³-hybridized carbons (Fsp3) is 0.462. The number of anilines is 1. The van der Waals surface area contributed by atoms with Gasteiger partial charge in [-0.3, -0.25) is 9.69 Å². The van der Waals surface area contributed by atoms with E-state index >= 15 is 0 Å². The van der Waals surface area contributed by atoms with E-state index in [9.17, 15) is 14.3 Å². The lowest BCUT2D eigenvalue weighted by atomic mass is 10.1. The Balaban J connectivity index is 1.87. The summed E-state index contributed by atoms with van der Waals surface area (Å²) in [5, 5.41) is 12.0. The molecule has 18 heavy (non-hydrogen) atoms. The predicted molar refractivity (Wildman–Crippen MR) is 66.7 cm³/mol. The first kappa shape index (κ1) is 13.0. The van der Waals surface area contributed by atoms with Crippen molar-refractivity contribution in [2.24, 2.45) is 0 Å². The molecule has 1 aliphatic rings. The van der Waals surface area contributed by atoms with Crippen LogP contribution in [-0.2, 0) is 4.79 Å². The van der Waals surface area contributed by atoms with Crippen molar-refractivity contribution in [3.05, 3.63) is 30.1 Å². The molecule has 1 amide bonds. The number of nitrogens with one attached hydrogen (secondary N) is 1. The van der Waals surface area contributed by atoms with E-state index in [0.29, 0.717) is 6.54 Å². The molecule has 0 radical (unpaired) electrons. The lowest BCUT2D eigenvalue weighted by molar-refractivity contribution is -0.118. The number of para-hydroxylation sites is 1. The van der Waals surface area contributed by atoms with Crippen molar-refractivity contribution in [3.8, 4) is 0 Å². The van der Waals surface area contributed by atoms with E-state index < -0.39 is 5.82 Å². The summed E-state index contributed by atoms with van der Waals surface area (Å²) < 4.78 is 13.3. The number of benzene rings is 1. The molecule has 2 rings (SSSR count). The van der Waals surface area contributed by atoms with Gasteiger partial charge in [0.15, 0.2) is 0 Å². The summed E-state index contributed by atoms with van der Waals surface area (Å²) >= 11 is 0. The van der Waals surface area contributed by atoms with Crippen LogP contribution in [0.2, 0.25) is 0 Å². The van der Waals surface area contributed by atoms with Gasteiger partial charge >= 0.3 is 0 Å². The van der Waals surface area contributed by atoms with Crippen LogP contribution in [0.25, 0.3) is 0 Å². The van der Waals surface area contributed by atoms with Crippen LogP contribution in [-0.4, -0.2) is 41.7 Å². The molecule has 98 valence electrons. The molecule has 1 heterocycles. The standard InChI is InChI=1S/C13H17FN2O2/c14-11-5-1-2-6-12(11)15-13(18)9-16-7-3-4-10(17)8-16/h1-2,5-6,10,17H,3-4,7-9H2,(H,15,18)/t10-/m0/s1. The van der Waals surface area contributed by atoms with Gasteiger partial charge in [0.1, 0.15) is 5.82 Å². The largest absolute Gasteiger partial charge is 0.392 e. The average Bonchev–Trinajstić information content (AvgIpc) is 2.32. The Labute approximate surface area is 105 Å². The number of halogens is 1. The van der Waals surface area contributed by atoms with Gasteiger partial charge in [-0.1, -0.05) is 12.1 Å². The molecule has 0 unspecified atom stereocenters. The Hall–Kier alpha value is -1.46. The molecule has 0 aliphatic carbocycles. The minimum atomic E-state index is -0.440. The SMILES string of the molecule is O=C(CN1CCC[C@H](O)C1)Nc1ccccc1F. The first-order valence-corrected chi connectivity index (χ1v) is 6.10. The molecule has 1 saturated heterocycles. The van der Waals surface area contributed by atoms with E-state index in [1.54, 1.807) is 12.1 Å². The van der Waals surface area contributed by atoms with Gasteiger partial charge in [0.25, 0.3) is 0 Å².